The van der Waals surface area contributed by atoms with Gasteiger partial charge in [0, 0.05) is 37.7 Å². The van der Waals surface area contributed by atoms with E-state index in [0.717, 1.165) is 6.42 Å². The van der Waals surface area contributed by atoms with Crippen LogP contribution in [0.3, 0.4) is 0 Å². The second-order valence-electron chi connectivity index (χ2n) is 4.99. The SMILES string of the molecule is Cc1cccn(CCCCC(=O)NCCCC(=O)O)c1=O. The van der Waals surface area contributed by atoms with Gasteiger partial charge < -0.3 is 15.0 Å². The maximum Gasteiger partial charge on any atom is 0.303 e. The maximum absolute atomic E-state index is 11.8. The Bertz CT molecular complexity index is 537. The Morgan fingerprint density at radius 1 is 1.24 bits per heavy atom. The first-order chi connectivity index (χ1) is 10.0. The Kier molecular flexibility index (Phi) is 7.21. The second-order valence-corrected chi connectivity index (χ2v) is 4.99. The molecule has 6 heteroatoms. The molecule has 6 nitrogen and oxygen atoms in total. The molecule has 0 saturated carbocycles. The van der Waals surface area contributed by atoms with E-state index in [1.807, 2.05) is 6.07 Å². The van der Waals surface area contributed by atoms with E-state index in [1.54, 1.807) is 23.8 Å². The normalized spacial score (nSPS) is 10.3. The van der Waals surface area contributed by atoms with Crippen molar-refractivity contribution in [2.45, 2.75) is 45.6 Å². The van der Waals surface area contributed by atoms with Crippen molar-refractivity contribution < 1.29 is 14.7 Å². The van der Waals surface area contributed by atoms with Crippen LogP contribution >= 0.6 is 0 Å². The van der Waals surface area contributed by atoms with E-state index in [-0.39, 0.29) is 17.9 Å². The minimum absolute atomic E-state index is 0.00984. The summed E-state index contributed by atoms with van der Waals surface area (Å²) in [6.45, 7) is 2.78. The largest absolute Gasteiger partial charge is 0.481 e. The lowest BCUT2D eigenvalue weighted by Gasteiger charge is -2.07. The first-order valence-electron chi connectivity index (χ1n) is 7.15. The van der Waals surface area contributed by atoms with Crippen molar-refractivity contribution in [2.75, 3.05) is 6.54 Å². The molecule has 0 saturated heterocycles. The fraction of sp³-hybridized carbons (Fsp3) is 0.533. The second kappa shape index (κ2) is 8.94. The molecule has 0 aliphatic carbocycles. The van der Waals surface area contributed by atoms with Gasteiger partial charge in [-0.3, -0.25) is 14.4 Å². The third-order valence-electron chi connectivity index (χ3n) is 3.15. The molecular formula is C15H22N2O4. The predicted molar refractivity (Wildman–Crippen MR) is 79.2 cm³/mol. The summed E-state index contributed by atoms with van der Waals surface area (Å²) < 4.78 is 1.65. The van der Waals surface area contributed by atoms with Crippen LogP contribution in [0, 0.1) is 6.92 Å². The van der Waals surface area contributed by atoms with Gasteiger partial charge in [0.2, 0.25) is 5.91 Å². The first-order valence-corrected chi connectivity index (χ1v) is 7.15. The summed E-state index contributed by atoms with van der Waals surface area (Å²) in [5.41, 5.74) is 0.726. The number of aryl methyl sites for hydroxylation is 2. The monoisotopic (exact) mass is 294 g/mol. The lowest BCUT2D eigenvalue weighted by atomic mass is 10.2. The van der Waals surface area contributed by atoms with E-state index in [9.17, 15) is 14.4 Å². The first kappa shape index (κ1) is 16.9. The molecule has 2 N–H and O–H groups in total. The van der Waals surface area contributed by atoms with Crippen LogP contribution < -0.4 is 10.9 Å². The number of hydrogen-bond acceptors (Lipinski definition) is 3. The molecule has 0 atom stereocenters. The summed E-state index contributed by atoms with van der Waals surface area (Å²) in [7, 11) is 0. The van der Waals surface area contributed by atoms with Crippen molar-refractivity contribution in [3.63, 3.8) is 0 Å². The van der Waals surface area contributed by atoms with E-state index in [4.69, 9.17) is 5.11 Å². The van der Waals surface area contributed by atoms with Crippen molar-refractivity contribution in [3.05, 3.63) is 34.2 Å². The molecule has 0 aliphatic heterocycles. The van der Waals surface area contributed by atoms with Gasteiger partial charge in [0.05, 0.1) is 0 Å². The van der Waals surface area contributed by atoms with Crippen LogP contribution in [-0.2, 0) is 16.1 Å². The number of nitrogens with one attached hydrogen (secondary N) is 1. The topological polar surface area (TPSA) is 88.4 Å². The van der Waals surface area contributed by atoms with Crippen molar-refractivity contribution in [3.8, 4) is 0 Å². The molecule has 1 amide bonds. The van der Waals surface area contributed by atoms with E-state index in [1.165, 1.54) is 0 Å². The molecule has 0 spiro atoms. The van der Waals surface area contributed by atoms with Crippen LogP contribution in [0.2, 0.25) is 0 Å². The lowest BCUT2D eigenvalue weighted by Crippen LogP contribution is -2.25. The molecule has 0 aromatic carbocycles. The number of pyridine rings is 1. The number of rotatable bonds is 9. The highest BCUT2D eigenvalue weighted by atomic mass is 16.4. The van der Waals surface area contributed by atoms with Crippen molar-refractivity contribution in [1.82, 2.24) is 9.88 Å². The van der Waals surface area contributed by atoms with Gasteiger partial charge in [-0.05, 0) is 32.3 Å². The summed E-state index contributed by atoms with van der Waals surface area (Å²) in [4.78, 5) is 33.6. The fourth-order valence-corrected chi connectivity index (χ4v) is 1.96. The molecule has 1 rings (SSSR count). The molecular weight excluding hydrogens is 272 g/mol. The van der Waals surface area contributed by atoms with Crippen LogP contribution in [0.5, 0.6) is 0 Å². The van der Waals surface area contributed by atoms with Gasteiger partial charge in [-0.25, -0.2) is 0 Å². The number of hydrogen-bond donors (Lipinski definition) is 2. The Morgan fingerprint density at radius 2 is 2.00 bits per heavy atom. The minimum atomic E-state index is -0.854. The molecule has 0 bridgehead atoms. The van der Waals surface area contributed by atoms with Crippen LogP contribution in [0.25, 0.3) is 0 Å². The van der Waals surface area contributed by atoms with Crippen LogP contribution in [0.15, 0.2) is 23.1 Å². The summed E-state index contributed by atoms with van der Waals surface area (Å²) in [6, 6.07) is 3.62. The predicted octanol–water partition coefficient (Wildman–Crippen LogP) is 1.31. The number of carbonyl (C=O) groups is 2. The van der Waals surface area contributed by atoms with Gasteiger partial charge in [0.1, 0.15) is 0 Å². The van der Waals surface area contributed by atoms with E-state index < -0.39 is 5.97 Å². The summed E-state index contributed by atoms with van der Waals surface area (Å²) >= 11 is 0. The number of aromatic nitrogens is 1. The molecule has 21 heavy (non-hydrogen) atoms. The van der Waals surface area contributed by atoms with E-state index in [2.05, 4.69) is 5.32 Å². The maximum atomic E-state index is 11.8. The van der Waals surface area contributed by atoms with Crippen LogP contribution in [0.1, 0.15) is 37.7 Å². The number of aliphatic carboxylic acids is 1. The molecule has 0 radical (unpaired) electrons. The Hall–Kier alpha value is -2.11. The molecule has 1 heterocycles. The van der Waals surface area contributed by atoms with Crippen molar-refractivity contribution in [2.24, 2.45) is 0 Å². The fourth-order valence-electron chi connectivity index (χ4n) is 1.96. The zero-order valence-corrected chi connectivity index (χ0v) is 12.3. The third-order valence-corrected chi connectivity index (χ3v) is 3.15. The van der Waals surface area contributed by atoms with Gasteiger partial charge >= 0.3 is 5.97 Å². The molecule has 0 fully saturated rings. The number of unbranched alkanes of at least 4 members (excludes halogenated alkanes) is 1. The standard InChI is InChI=1S/C15H22N2O4/c1-12-6-5-11-17(15(12)21)10-3-2-7-13(18)16-9-4-8-14(19)20/h5-6,11H,2-4,7-10H2,1H3,(H,16,18)(H,19,20). The number of carboxylic acid groups (broad SMARTS) is 1. The minimum Gasteiger partial charge on any atom is -0.481 e. The van der Waals surface area contributed by atoms with Crippen LogP contribution in [-0.4, -0.2) is 28.1 Å². The highest BCUT2D eigenvalue weighted by Crippen LogP contribution is 1.99. The average molecular weight is 294 g/mol. The Labute approximate surface area is 123 Å². The smallest absolute Gasteiger partial charge is 0.303 e. The zero-order valence-electron chi connectivity index (χ0n) is 12.3. The molecule has 1 aromatic rings. The average Bonchev–Trinajstić information content (AvgIpc) is 2.44. The highest BCUT2D eigenvalue weighted by molar-refractivity contribution is 5.75. The molecule has 0 aliphatic rings. The summed E-state index contributed by atoms with van der Waals surface area (Å²) in [6.07, 6.45) is 4.11. The quantitative estimate of drug-likeness (QED) is 0.672. The zero-order chi connectivity index (χ0) is 15.7. The Morgan fingerprint density at radius 3 is 2.71 bits per heavy atom. The van der Waals surface area contributed by atoms with Gasteiger partial charge in [-0.15, -0.1) is 0 Å². The van der Waals surface area contributed by atoms with Gasteiger partial charge in [-0.2, -0.15) is 0 Å². The van der Waals surface area contributed by atoms with E-state index in [0.29, 0.717) is 37.9 Å². The molecule has 0 unspecified atom stereocenters. The Balaban J connectivity index is 2.16. The van der Waals surface area contributed by atoms with Gasteiger partial charge in [0.15, 0.2) is 0 Å². The number of amides is 1. The van der Waals surface area contributed by atoms with Crippen molar-refractivity contribution >= 4 is 11.9 Å². The number of carbonyl (C=O) groups excluding carboxylic acids is 1. The van der Waals surface area contributed by atoms with Gasteiger partial charge in [0.25, 0.3) is 5.56 Å². The molecule has 1 aromatic heterocycles. The van der Waals surface area contributed by atoms with Crippen molar-refractivity contribution in [1.29, 1.82) is 0 Å². The number of nitrogens with zero attached hydrogens (tertiary/aromatic N) is 1. The summed E-state index contributed by atoms with van der Waals surface area (Å²) in [5.74, 6) is -0.926. The third kappa shape index (κ3) is 6.74. The van der Waals surface area contributed by atoms with Crippen LogP contribution in [0.4, 0.5) is 0 Å². The highest BCUT2D eigenvalue weighted by Gasteiger charge is 2.03. The van der Waals surface area contributed by atoms with E-state index >= 15 is 0 Å². The molecule has 116 valence electrons. The van der Waals surface area contributed by atoms with Gasteiger partial charge in [-0.1, -0.05) is 6.07 Å². The number of carboxylic acids is 1. The lowest BCUT2D eigenvalue weighted by molar-refractivity contribution is -0.137. The summed E-state index contributed by atoms with van der Waals surface area (Å²) in [5, 5.41) is 11.1.